The summed E-state index contributed by atoms with van der Waals surface area (Å²) >= 11 is 6.03. The molecule has 0 aromatic carbocycles. The van der Waals surface area contributed by atoms with Crippen molar-refractivity contribution in [3.63, 3.8) is 0 Å². The predicted octanol–water partition coefficient (Wildman–Crippen LogP) is 2.57. The first-order valence-electron chi connectivity index (χ1n) is 7.29. The SMILES string of the molecule is Cn1cnc(S(=O)(=O)NC2CC3CCC2(C)C3(C)C)c1Cl. The summed E-state index contributed by atoms with van der Waals surface area (Å²) in [5, 5.41) is 0.0749. The molecule has 3 unspecified atom stereocenters. The lowest BCUT2D eigenvalue weighted by molar-refractivity contribution is 0.130. The van der Waals surface area contributed by atoms with E-state index in [-0.39, 0.29) is 27.1 Å². The fraction of sp³-hybridized carbons (Fsp3) is 0.786. The molecule has 1 heterocycles. The Bertz CT molecular complexity index is 682. The van der Waals surface area contributed by atoms with Crippen molar-refractivity contribution < 1.29 is 8.42 Å². The summed E-state index contributed by atoms with van der Waals surface area (Å²) in [4.78, 5) is 3.93. The molecule has 3 atom stereocenters. The minimum absolute atomic E-state index is 0.00794. The van der Waals surface area contributed by atoms with Crippen molar-refractivity contribution in [3.05, 3.63) is 11.5 Å². The second-order valence-electron chi connectivity index (χ2n) is 7.24. The van der Waals surface area contributed by atoms with E-state index in [0.717, 1.165) is 12.8 Å². The standard InChI is InChI=1S/C14H22ClN3O2S/c1-13(2)9-5-6-14(13,3)10(7-9)17-21(19,20)12-11(15)18(4)8-16-12/h8-10,17H,5-7H2,1-4H3. The van der Waals surface area contributed by atoms with E-state index < -0.39 is 10.0 Å². The first kappa shape index (κ1) is 15.3. The third-order valence-corrected chi connectivity index (χ3v) is 8.14. The normalized spacial score (nSPS) is 34.5. The highest BCUT2D eigenvalue weighted by atomic mass is 35.5. The molecule has 7 heteroatoms. The minimum Gasteiger partial charge on any atom is -0.324 e. The second-order valence-corrected chi connectivity index (χ2v) is 9.22. The molecule has 0 aliphatic heterocycles. The topological polar surface area (TPSA) is 64.0 Å². The number of nitrogens with one attached hydrogen (secondary N) is 1. The Balaban J connectivity index is 1.90. The Morgan fingerprint density at radius 3 is 2.52 bits per heavy atom. The molecule has 1 N–H and O–H groups in total. The maximum absolute atomic E-state index is 12.6. The maximum atomic E-state index is 12.6. The molecule has 2 fully saturated rings. The van der Waals surface area contributed by atoms with E-state index in [9.17, 15) is 8.42 Å². The van der Waals surface area contributed by atoms with Crippen LogP contribution in [0.1, 0.15) is 40.0 Å². The Kier molecular flexibility index (Phi) is 3.25. The summed E-state index contributed by atoms with van der Waals surface area (Å²) in [5.41, 5.74) is 0.153. The summed E-state index contributed by atoms with van der Waals surface area (Å²) in [6, 6.07) is -0.0469. The number of rotatable bonds is 3. The zero-order chi connectivity index (χ0) is 15.6. The minimum atomic E-state index is -3.68. The highest BCUT2D eigenvalue weighted by Crippen LogP contribution is 2.65. The van der Waals surface area contributed by atoms with E-state index >= 15 is 0 Å². The third kappa shape index (κ3) is 1.99. The highest BCUT2D eigenvalue weighted by Gasteiger charge is 2.62. The molecule has 2 saturated carbocycles. The predicted molar refractivity (Wildman–Crippen MR) is 81.6 cm³/mol. The third-order valence-electron chi connectivity index (χ3n) is 6.18. The monoisotopic (exact) mass is 331 g/mol. The van der Waals surface area contributed by atoms with Crippen molar-refractivity contribution in [1.82, 2.24) is 14.3 Å². The molecule has 118 valence electrons. The Morgan fingerprint density at radius 1 is 1.43 bits per heavy atom. The van der Waals surface area contributed by atoms with E-state index in [2.05, 4.69) is 30.5 Å². The summed E-state index contributed by atoms with van der Waals surface area (Å²) in [6.45, 7) is 6.71. The molecule has 1 aromatic heterocycles. The largest absolute Gasteiger partial charge is 0.324 e. The van der Waals surface area contributed by atoms with Crippen molar-refractivity contribution in [2.75, 3.05) is 0 Å². The maximum Gasteiger partial charge on any atom is 0.261 e. The van der Waals surface area contributed by atoms with Gasteiger partial charge in [0.25, 0.3) is 10.0 Å². The quantitative estimate of drug-likeness (QED) is 0.925. The van der Waals surface area contributed by atoms with E-state index in [1.54, 1.807) is 7.05 Å². The molecule has 2 bridgehead atoms. The van der Waals surface area contributed by atoms with E-state index in [1.807, 2.05) is 0 Å². The van der Waals surface area contributed by atoms with Gasteiger partial charge >= 0.3 is 0 Å². The average molecular weight is 332 g/mol. The van der Waals surface area contributed by atoms with Crippen molar-refractivity contribution >= 4 is 21.6 Å². The van der Waals surface area contributed by atoms with Crippen molar-refractivity contribution in [2.45, 2.75) is 51.1 Å². The van der Waals surface area contributed by atoms with Gasteiger partial charge in [0.1, 0.15) is 5.15 Å². The zero-order valence-corrected chi connectivity index (χ0v) is 14.4. The van der Waals surface area contributed by atoms with Gasteiger partial charge in [-0.1, -0.05) is 32.4 Å². The number of hydrogen-bond acceptors (Lipinski definition) is 3. The van der Waals surface area contributed by atoms with Gasteiger partial charge < -0.3 is 4.57 Å². The van der Waals surface area contributed by atoms with Crippen molar-refractivity contribution in [2.24, 2.45) is 23.8 Å². The van der Waals surface area contributed by atoms with Crippen LogP contribution in [-0.4, -0.2) is 24.0 Å². The van der Waals surface area contributed by atoms with Crippen LogP contribution in [0, 0.1) is 16.7 Å². The molecule has 2 aliphatic rings. The number of aryl methyl sites for hydroxylation is 1. The Labute approximate surface area is 131 Å². The van der Waals surface area contributed by atoms with Gasteiger partial charge in [0.15, 0.2) is 0 Å². The molecule has 3 rings (SSSR count). The first-order valence-corrected chi connectivity index (χ1v) is 9.15. The first-order chi connectivity index (χ1) is 9.59. The molecular weight excluding hydrogens is 310 g/mol. The van der Waals surface area contributed by atoms with Crippen LogP contribution in [0.3, 0.4) is 0 Å². The number of sulfonamides is 1. The number of fused-ring (bicyclic) bond motifs is 2. The van der Waals surface area contributed by atoms with Gasteiger partial charge in [-0.05, 0) is 36.0 Å². The average Bonchev–Trinajstić information content (AvgIpc) is 2.88. The molecule has 0 saturated heterocycles. The van der Waals surface area contributed by atoms with Gasteiger partial charge in [-0.3, -0.25) is 0 Å². The molecule has 0 spiro atoms. The fourth-order valence-electron chi connectivity index (χ4n) is 4.20. The molecule has 0 amide bonds. The lowest BCUT2D eigenvalue weighted by atomic mass is 9.69. The van der Waals surface area contributed by atoms with Gasteiger partial charge in [0.05, 0.1) is 6.33 Å². The van der Waals surface area contributed by atoms with E-state index in [0.29, 0.717) is 5.92 Å². The molecule has 21 heavy (non-hydrogen) atoms. The lowest BCUT2D eigenvalue weighted by Gasteiger charge is -2.39. The van der Waals surface area contributed by atoms with Crippen LogP contribution in [0.15, 0.2) is 11.4 Å². The number of hydrogen-bond donors (Lipinski definition) is 1. The summed E-state index contributed by atoms with van der Waals surface area (Å²) < 4.78 is 29.5. The van der Waals surface area contributed by atoms with Crippen LogP contribution in [0.2, 0.25) is 5.15 Å². The highest BCUT2D eigenvalue weighted by molar-refractivity contribution is 7.89. The number of aromatic nitrogens is 2. The van der Waals surface area contributed by atoms with Gasteiger partial charge in [-0.2, -0.15) is 0 Å². The number of imidazole rings is 1. The van der Waals surface area contributed by atoms with Crippen LogP contribution in [0.25, 0.3) is 0 Å². The van der Waals surface area contributed by atoms with Gasteiger partial charge in [-0.25, -0.2) is 18.1 Å². The summed E-state index contributed by atoms with van der Waals surface area (Å²) in [6.07, 6.45) is 4.57. The molecule has 5 nitrogen and oxygen atoms in total. The van der Waals surface area contributed by atoms with Crippen molar-refractivity contribution in [1.29, 1.82) is 0 Å². The fourth-order valence-corrected chi connectivity index (χ4v) is 5.99. The van der Waals surface area contributed by atoms with Gasteiger partial charge in [0, 0.05) is 13.1 Å². The Morgan fingerprint density at radius 2 is 2.10 bits per heavy atom. The number of nitrogens with zero attached hydrogens (tertiary/aromatic N) is 2. The van der Waals surface area contributed by atoms with Crippen LogP contribution in [0.4, 0.5) is 0 Å². The Hall–Kier alpha value is -0.590. The van der Waals surface area contributed by atoms with Crippen LogP contribution < -0.4 is 4.72 Å². The van der Waals surface area contributed by atoms with Crippen LogP contribution in [-0.2, 0) is 17.1 Å². The lowest BCUT2D eigenvalue weighted by Crippen LogP contribution is -2.46. The van der Waals surface area contributed by atoms with E-state index in [1.165, 1.54) is 17.3 Å². The van der Waals surface area contributed by atoms with Crippen LogP contribution >= 0.6 is 11.6 Å². The summed E-state index contributed by atoms with van der Waals surface area (Å²) in [5.74, 6) is 0.578. The summed E-state index contributed by atoms with van der Waals surface area (Å²) in [7, 11) is -2.00. The molecular formula is C14H22ClN3O2S. The second kappa shape index (κ2) is 4.46. The van der Waals surface area contributed by atoms with E-state index in [4.69, 9.17) is 11.6 Å². The molecule has 0 radical (unpaired) electrons. The number of halogens is 1. The zero-order valence-electron chi connectivity index (χ0n) is 12.9. The van der Waals surface area contributed by atoms with Crippen molar-refractivity contribution in [3.8, 4) is 0 Å². The van der Waals surface area contributed by atoms with Gasteiger partial charge in [-0.15, -0.1) is 0 Å². The smallest absolute Gasteiger partial charge is 0.261 e. The van der Waals surface area contributed by atoms with Gasteiger partial charge in [0.2, 0.25) is 5.03 Å². The molecule has 1 aromatic rings. The van der Waals surface area contributed by atoms with Crippen LogP contribution in [0.5, 0.6) is 0 Å². The molecule has 2 aliphatic carbocycles.